The summed E-state index contributed by atoms with van der Waals surface area (Å²) in [4.78, 5) is 14.1. The van der Waals surface area contributed by atoms with E-state index in [1.54, 1.807) is 0 Å². The van der Waals surface area contributed by atoms with E-state index in [4.69, 9.17) is 0 Å². The Bertz CT molecular complexity index is 472. The lowest BCUT2D eigenvalue weighted by Gasteiger charge is -2.24. The Kier molecular flexibility index (Phi) is 2.80. The van der Waals surface area contributed by atoms with Crippen molar-refractivity contribution in [3.63, 3.8) is 0 Å². The van der Waals surface area contributed by atoms with Crippen LogP contribution in [0.4, 0.5) is 10.5 Å². The Morgan fingerprint density at radius 2 is 2.11 bits per heavy atom. The van der Waals surface area contributed by atoms with Gasteiger partial charge in [-0.1, -0.05) is 30.4 Å². The van der Waals surface area contributed by atoms with Gasteiger partial charge in [0.15, 0.2) is 0 Å². The van der Waals surface area contributed by atoms with Gasteiger partial charge in [0.25, 0.3) is 0 Å². The van der Waals surface area contributed by atoms with Crippen molar-refractivity contribution in [1.82, 2.24) is 4.90 Å². The van der Waals surface area contributed by atoms with Gasteiger partial charge < -0.3 is 15.3 Å². The van der Waals surface area contributed by atoms with E-state index in [1.165, 1.54) is 0 Å². The lowest BCUT2D eigenvalue weighted by Crippen LogP contribution is -2.40. The van der Waals surface area contributed by atoms with E-state index < -0.39 is 0 Å². The quantitative estimate of drug-likeness (QED) is 0.780. The molecule has 18 heavy (non-hydrogen) atoms. The molecule has 2 amide bonds. The highest BCUT2D eigenvalue weighted by molar-refractivity contribution is 5.90. The van der Waals surface area contributed by atoms with Gasteiger partial charge in [0.05, 0.1) is 12.1 Å². The standard InChI is InChI=1S/C14H16N2O2/c17-9-10-8-12-6-7-13(10)16(12)14(18)15-11-4-2-1-3-5-11/h1-7,10,12-13,17H,8-9H2,(H,15,18)/t10-,12-,13+/m1/s1. The molecule has 2 aliphatic rings. The maximum atomic E-state index is 12.2. The number of fused-ring (bicyclic) bond motifs is 2. The van der Waals surface area contributed by atoms with Gasteiger partial charge in [-0.05, 0) is 18.6 Å². The number of aliphatic hydroxyl groups excluding tert-OH is 1. The van der Waals surface area contributed by atoms with Crippen molar-refractivity contribution < 1.29 is 9.90 Å². The molecule has 3 rings (SSSR count). The highest BCUT2D eigenvalue weighted by Crippen LogP contribution is 2.36. The highest BCUT2D eigenvalue weighted by Gasteiger charge is 2.44. The predicted octanol–water partition coefficient (Wildman–Crippen LogP) is 1.84. The largest absolute Gasteiger partial charge is 0.396 e. The maximum absolute atomic E-state index is 12.2. The molecule has 1 aromatic rings. The Morgan fingerprint density at radius 3 is 2.78 bits per heavy atom. The van der Waals surface area contributed by atoms with Crippen molar-refractivity contribution in [3.8, 4) is 0 Å². The number of aliphatic hydroxyl groups is 1. The molecule has 1 fully saturated rings. The minimum atomic E-state index is -0.0860. The number of amides is 2. The average molecular weight is 244 g/mol. The lowest BCUT2D eigenvalue weighted by molar-refractivity contribution is 0.188. The first-order valence-electron chi connectivity index (χ1n) is 6.23. The summed E-state index contributed by atoms with van der Waals surface area (Å²) in [6, 6.07) is 9.53. The minimum Gasteiger partial charge on any atom is -0.396 e. The first-order valence-corrected chi connectivity index (χ1v) is 6.23. The normalized spacial score (nSPS) is 28.7. The van der Waals surface area contributed by atoms with Gasteiger partial charge in [0.2, 0.25) is 0 Å². The zero-order valence-corrected chi connectivity index (χ0v) is 9.99. The van der Waals surface area contributed by atoms with E-state index in [1.807, 2.05) is 41.3 Å². The molecule has 0 unspecified atom stereocenters. The van der Waals surface area contributed by atoms with Gasteiger partial charge in [0.1, 0.15) is 0 Å². The molecule has 4 heteroatoms. The summed E-state index contributed by atoms with van der Waals surface area (Å²) in [6.07, 6.45) is 4.95. The van der Waals surface area contributed by atoms with E-state index in [9.17, 15) is 9.90 Å². The molecule has 94 valence electrons. The molecule has 0 aromatic heterocycles. The Hall–Kier alpha value is -1.81. The molecule has 0 saturated carbocycles. The van der Waals surface area contributed by atoms with Crippen LogP contribution in [0.1, 0.15) is 6.42 Å². The number of nitrogens with one attached hydrogen (secondary N) is 1. The van der Waals surface area contributed by atoms with Crippen molar-refractivity contribution in [1.29, 1.82) is 0 Å². The Labute approximate surface area is 106 Å². The molecule has 0 aliphatic carbocycles. The molecular weight excluding hydrogens is 228 g/mol. The second-order valence-corrected chi connectivity index (χ2v) is 4.82. The molecule has 2 heterocycles. The smallest absolute Gasteiger partial charge is 0.322 e. The fourth-order valence-electron chi connectivity index (χ4n) is 2.85. The number of carbonyl (C=O) groups excluding carboxylic acids is 1. The van der Waals surface area contributed by atoms with Crippen molar-refractivity contribution in [2.24, 2.45) is 5.92 Å². The summed E-state index contributed by atoms with van der Waals surface area (Å²) >= 11 is 0. The van der Waals surface area contributed by atoms with Gasteiger partial charge in [0, 0.05) is 18.2 Å². The van der Waals surface area contributed by atoms with Crippen LogP contribution in [-0.2, 0) is 0 Å². The monoisotopic (exact) mass is 244 g/mol. The second-order valence-electron chi connectivity index (χ2n) is 4.82. The summed E-state index contributed by atoms with van der Waals surface area (Å²) < 4.78 is 0. The van der Waals surface area contributed by atoms with Crippen molar-refractivity contribution >= 4 is 11.7 Å². The summed E-state index contributed by atoms with van der Waals surface area (Å²) in [7, 11) is 0. The Morgan fingerprint density at radius 1 is 1.33 bits per heavy atom. The summed E-state index contributed by atoms with van der Waals surface area (Å²) in [6.45, 7) is 0.140. The number of hydrogen-bond acceptors (Lipinski definition) is 2. The molecule has 2 aliphatic heterocycles. The lowest BCUT2D eigenvalue weighted by atomic mass is 9.95. The van der Waals surface area contributed by atoms with Gasteiger partial charge in [-0.25, -0.2) is 4.79 Å². The minimum absolute atomic E-state index is 0.0451. The molecule has 1 aromatic carbocycles. The zero-order chi connectivity index (χ0) is 12.5. The van der Waals surface area contributed by atoms with Gasteiger partial charge in [-0.15, -0.1) is 0 Å². The van der Waals surface area contributed by atoms with E-state index in [0.717, 1.165) is 12.1 Å². The fourth-order valence-corrected chi connectivity index (χ4v) is 2.85. The predicted molar refractivity (Wildman–Crippen MR) is 69.2 cm³/mol. The number of carbonyl (C=O) groups is 1. The maximum Gasteiger partial charge on any atom is 0.322 e. The number of rotatable bonds is 2. The SMILES string of the molecule is O=C(Nc1ccccc1)N1[C@@H]2C=C[C@H]1[C@@H](CO)C2. The molecule has 0 radical (unpaired) electrons. The number of anilines is 1. The van der Waals surface area contributed by atoms with Crippen LogP contribution in [0.5, 0.6) is 0 Å². The number of benzene rings is 1. The zero-order valence-electron chi connectivity index (χ0n) is 9.99. The third-order valence-corrected chi connectivity index (χ3v) is 3.73. The van der Waals surface area contributed by atoms with Crippen molar-refractivity contribution in [3.05, 3.63) is 42.5 Å². The van der Waals surface area contributed by atoms with E-state index in [2.05, 4.69) is 11.4 Å². The molecule has 2 N–H and O–H groups in total. The number of para-hydroxylation sites is 1. The second kappa shape index (κ2) is 4.46. The van der Waals surface area contributed by atoms with Crippen LogP contribution >= 0.6 is 0 Å². The Balaban J connectivity index is 1.72. The first-order chi connectivity index (χ1) is 8.79. The fraction of sp³-hybridized carbons (Fsp3) is 0.357. The van der Waals surface area contributed by atoms with Gasteiger partial charge in [-0.2, -0.15) is 0 Å². The first kappa shape index (κ1) is 11.3. The van der Waals surface area contributed by atoms with Crippen LogP contribution in [0.2, 0.25) is 0 Å². The highest BCUT2D eigenvalue weighted by atomic mass is 16.3. The molecule has 4 nitrogen and oxygen atoms in total. The van der Waals surface area contributed by atoms with Gasteiger partial charge >= 0.3 is 6.03 Å². The van der Waals surface area contributed by atoms with Crippen molar-refractivity contribution in [2.75, 3.05) is 11.9 Å². The van der Waals surface area contributed by atoms with Crippen LogP contribution < -0.4 is 5.32 Å². The van der Waals surface area contributed by atoms with Crippen LogP contribution in [0.3, 0.4) is 0 Å². The van der Waals surface area contributed by atoms with Crippen molar-refractivity contribution in [2.45, 2.75) is 18.5 Å². The number of nitrogens with zero attached hydrogens (tertiary/aromatic N) is 1. The third kappa shape index (κ3) is 1.78. The van der Waals surface area contributed by atoms with E-state index in [0.29, 0.717) is 0 Å². The van der Waals surface area contributed by atoms with Crippen LogP contribution in [0.25, 0.3) is 0 Å². The average Bonchev–Trinajstić information content (AvgIpc) is 2.97. The molecule has 2 bridgehead atoms. The topological polar surface area (TPSA) is 52.6 Å². The van der Waals surface area contributed by atoms with Crippen LogP contribution in [0.15, 0.2) is 42.5 Å². The summed E-state index contributed by atoms with van der Waals surface area (Å²) in [5, 5.41) is 12.2. The van der Waals surface area contributed by atoms with E-state index in [-0.39, 0.29) is 30.6 Å². The van der Waals surface area contributed by atoms with Gasteiger partial charge in [-0.3, -0.25) is 0 Å². The molecule has 3 atom stereocenters. The number of hydrogen-bond donors (Lipinski definition) is 2. The van der Waals surface area contributed by atoms with Crippen LogP contribution in [0, 0.1) is 5.92 Å². The molecular formula is C14H16N2O2. The third-order valence-electron chi connectivity index (χ3n) is 3.73. The molecule has 0 spiro atoms. The van der Waals surface area contributed by atoms with E-state index >= 15 is 0 Å². The summed E-state index contributed by atoms with van der Waals surface area (Å²) in [5.74, 6) is 0.182. The van der Waals surface area contributed by atoms with Crippen LogP contribution in [-0.4, -0.2) is 34.7 Å². The molecule has 1 saturated heterocycles. The summed E-state index contributed by atoms with van der Waals surface area (Å²) in [5.41, 5.74) is 0.800. The number of urea groups is 1.